The van der Waals surface area contributed by atoms with Crippen molar-refractivity contribution in [2.24, 2.45) is 5.73 Å². The fraction of sp³-hybridized carbons (Fsp3) is 0.250. The Hall–Kier alpha value is 0.160. The summed E-state index contributed by atoms with van der Waals surface area (Å²) in [4.78, 5) is 0. The minimum Gasteiger partial charge on any atom is -0.394 e. The topological polar surface area (TPSA) is 46.2 Å². The van der Waals surface area contributed by atoms with Gasteiger partial charge in [-0.2, -0.15) is 0 Å². The van der Waals surface area contributed by atoms with Crippen molar-refractivity contribution in [2.45, 2.75) is 6.04 Å². The number of nitrogens with two attached hydrogens (primary N) is 1. The number of hydrogen-bond acceptors (Lipinski definition) is 2. The number of benzene rings is 1. The van der Waals surface area contributed by atoms with Gasteiger partial charge in [-0.3, -0.25) is 0 Å². The minimum absolute atomic E-state index is 0. The molecule has 68 valence electrons. The Morgan fingerprint density at radius 1 is 1.50 bits per heavy atom. The van der Waals surface area contributed by atoms with Crippen LogP contribution >= 0.6 is 35.0 Å². The van der Waals surface area contributed by atoms with E-state index >= 15 is 0 Å². The Morgan fingerprint density at radius 2 is 2.17 bits per heavy atom. The maximum atomic E-state index is 8.75. The largest absolute Gasteiger partial charge is 0.394 e. The van der Waals surface area contributed by atoms with Crippen molar-refractivity contribution in [3.8, 4) is 0 Å². The predicted molar refractivity (Wildman–Crippen MR) is 60.4 cm³/mol. The second kappa shape index (κ2) is 5.75. The van der Waals surface area contributed by atoms with E-state index in [2.05, 4.69) is 22.6 Å². The molecule has 0 heterocycles. The first-order chi connectivity index (χ1) is 5.24. The van der Waals surface area contributed by atoms with Crippen LogP contribution in [0.25, 0.3) is 0 Å². The smallest absolute Gasteiger partial charge is 0.0624 e. The average Bonchev–Trinajstić information content (AvgIpc) is 2.03. The van der Waals surface area contributed by atoms with E-state index in [4.69, 9.17) is 10.8 Å². The first-order valence-corrected chi connectivity index (χ1v) is 4.44. The van der Waals surface area contributed by atoms with E-state index in [1.54, 1.807) is 0 Å². The van der Waals surface area contributed by atoms with Gasteiger partial charge in [0.15, 0.2) is 0 Å². The first kappa shape index (κ1) is 12.2. The fourth-order valence-electron chi connectivity index (χ4n) is 0.843. The zero-order chi connectivity index (χ0) is 8.27. The van der Waals surface area contributed by atoms with Crippen molar-refractivity contribution in [3.05, 3.63) is 33.4 Å². The van der Waals surface area contributed by atoms with Gasteiger partial charge in [-0.1, -0.05) is 12.1 Å². The van der Waals surface area contributed by atoms with Gasteiger partial charge in [0.25, 0.3) is 0 Å². The summed E-state index contributed by atoms with van der Waals surface area (Å²) >= 11 is 2.22. The summed E-state index contributed by atoms with van der Waals surface area (Å²) in [6.45, 7) is 0.0000926. The van der Waals surface area contributed by atoms with E-state index in [1.165, 1.54) is 0 Å². The van der Waals surface area contributed by atoms with E-state index in [0.717, 1.165) is 9.13 Å². The van der Waals surface area contributed by atoms with E-state index in [1.807, 2.05) is 24.3 Å². The lowest BCUT2D eigenvalue weighted by atomic mass is 10.1. The third-order valence-electron chi connectivity index (χ3n) is 1.47. The van der Waals surface area contributed by atoms with E-state index < -0.39 is 0 Å². The molecule has 1 aromatic rings. The van der Waals surface area contributed by atoms with Crippen LogP contribution in [0.15, 0.2) is 24.3 Å². The van der Waals surface area contributed by atoms with Crippen molar-refractivity contribution in [1.29, 1.82) is 0 Å². The van der Waals surface area contributed by atoms with Crippen LogP contribution < -0.4 is 5.73 Å². The Kier molecular flexibility index (Phi) is 5.82. The second-order valence-electron chi connectivity index (χ2n) is 2.34. The molecule has 0 spiro atoms. The molecule has 0 saturated carbocycles. The molecule has 1 atom stereocenters. The number of aliphatic hydroxyl groups is 1. The summed E-state index contributed by atoms with van der Waals surface area (Å²) < 4.78 is 1.14. The molecular weight excluding hydrogens is 288 g/mol. The zero-order valence-corrected chi connectivity index (χ0v) is 9.38. The SMILES string of the molecule is Cl.N[C@H](CO)c1cccc(I)c1. The van der Waals surface area contributed by atoms with E-state index in [-0.39, 0.29) is 25.1 Å². The molecule has 1 aromatic carbocycles. The molecule has 3 N–H and O–H groups in total. The summed E-state index contributed by atoms with van der Waals surface area (Å²) in [6.07, 6.45) is 0. The van der Waals surface area contributed by atoms with Gasteiger partial charge < -0.3 is 10.8 Å². The maximum Gasteiger partial charge on any atom is 0.0624 e. The fourth-order valence-corrected chi connectivity index (χ4v) is 1.41. The summed E-state index contributed by atoms with van der Waals surface area (Å²) in [5.74, 6) is 0. The second-order valence-corrected chi connectivity index (χ2v) is 3.59. The van der Waals surface area contributed by atoms with Crippen LogP contribution in [0.3, 0.4) is 0 Å². The van der Waals surface area contributed by atoms with Gasteiger partial charge in [-0.05, 0) is 40.3 Å². The van der Waals surface area contributed by atoms with Gasteiger partial charge in [-0.15, -0.1) is 12.4 Å². The Labute approximate surface area is 91.7 Å². The Morgan fingerprint density at radius 3 is 2.67 bits per heavy atom. The van der Waals surface area contributed by atoms with Crippen LogP contribution in [0, 0.1) is 3.57 Å². The molecule has 4 heteroatoms. The number of rotatable bonds is 2. The van der Waals surface area contributed by atoms with Crippen molar-refractivity contribution < 1.29 is 5.11 Å². The summed E-state index contributed by atoms with van der Waals surface area (Å²) in [7, 11) is 0. The van der Waals surface area contributed by atoms with Crippen molar-refractivity contribution >= 4 is 35.0 Å². The molecular formula is C8H11ClINO. The minimum atomic E-state index is -0.246. The van der Waals surface area contributed by atoms with Crippen LogP contribution in [-0.4, -0.2) is 11.7 Å². The van der Waals surface area contributed by atoms with Gasteiger partial charge in [-0.25, -0.2) is 0 Å². The maximum absolute atomic E-state index is 8.75. The normalized spacial score (nSPS) is 11.9. The highest BCUT2D eigenvalue weighted by Gasteiger charge is 2.02. The van der Waals surface area contributed by atoms with Crippen LogP contribution in [-0.2, 0) is 0 Å². The number of aliphatic hydroxyl groups excluding tert-OH is 1. The van der Waals surface area contributed by atoms with E-state index in [0.29, 0.717) is 0 Å². The molecule has 0 saturated heterocycles. The third kappa shape index (κ3) is 3.26. The molecule has 0 radical (unpaired) electrons. The van der Waals surface area contributed by atoms with Crippen LogP contribution in [0.5, 0.6) is 0 Å². The molecule has 2 nitrogen and oxygen atoms in total. The quantitative estimate of drug-likeness (QED) is 0.817. The molecule has 1 rings (SSSR count). The highest BCUT2D eigenvalue weighted by Crippen LogP contribution is 2.12. The molecule has 0 unspecified atom stereocenters. The third-order valence-corrected chi connectivity index (χ3v) is 2.14. The van der Waals surface area contributed by atoms with Gasteiger partial charge in [0.1, 0.15) is 0 Å². The monoisotopic (exact) mass is 299 g/mol. The summed E-state index contributed by atoms with van der Waals surface area (Å²) in [6, 6.07) is 7.58. The summed E-state index contributed by atoms with van der Waals surface area (Å²) in [5.41, 5.74) is 6.60. The lowest BCUT2D eigenvalue weighted by Gasteiger charge is -2.07. The molecule has 0 aliphatic carbocycles. The first-order valence-electron chi connectivity index (χ1n) is 3.36. The van der Waals surface area contributed by atoms with Crippen LogP contribution in [0.1, 0.15) is 11.6 Å². The van der Waals surface area contributed by atoms with Gasteiger partial charge in [0.05, 0.1) is 12.6 Å². The van der Waals surface area contributed by atoms with Crippen LogP contribution in [0.4, 0.5) is 0 Å². The van der Waals surface area contributed by atoms with Crippen molar-refractivity contribution in [3.63, 3.8) is 0 Å². The van der Waals surface area contributed by atoms with Crippen molar-refractivity contribution in [1.82, 2.24) is 0 Å². The standard InChI is InChI=1S/C8H10INO.ClH/c9-7-3-1-2-6(4-7)8(10)5-11;/h1-4,8,11H,5,10H2;1H/t8-;/m1./s1. The number of hydrogen-bond donors (Lipinski definition) is 2. The highest BCUT2D eigenvalue weighted by molar-refractivity contribution is 14.1. The van der Waals surface area contributed by atoms with Gasteiger partial charge >= 0.3 is 0 Å². The average molecular weight is 300 g/mol. The molecule has 0 aromatic heterocycles. The molecule has 0 aliphatic heterocycles. The van der Waals surface area contributed by atoms with E-state index in [9.17, 15) is 0 Å². The summed E-state index contributed by atoms with van der Waals surface area (Å²) in [5, 5.41) is 8.75. The molecule has 0 bridgehead atoms. The van der Waals surface area contributed by atoms with Crippen LogP contribution in [0.2, 0.25) is 0 Å². The van der Waals surface area contributed by atoms with Gasteiger partial charge in [0, 0.05) is 3.57 Å². The molecule has 0 fully saturated rings. The molecule has 0 aliphatic rings. The van der Waals surface area contributed by atoms with Crippen molar-refractivity contribution in [2.75, 3.05) is 6.61 Å². The zero-order valence-electron chi connectivity index (χ0n) is 6.40. The van der Waals surface area contributed by atoms with Gasteiger partial charge in [0.2, 0.25) is 0 Å². The highest BCUT2D eigenvalue weighted by atomic mass is 127. The lowest BCUT2D eigenvalue weighted by molar-refractivity contribution is 0.268. The lowest BCUT2D eigenvalue weighted by Crippen LogP contribution is -2.14. The Balaban J connectivity index is 0.00000121. The predicted octanol–water partition coefficient (Wildman–Crippen LogP) is 1.71. The Bertz CT molecular complexity index is 244. The molecule has 0 amide bonds. The number of halogens is 2. The molecule has 12 heavy (non-hydrogen) atoms.